The first-order valence-corrected chi connectivity index (χ1v) is 16.7. The van der Waals surface area contributed by atoms with Gasteiger partial charge in [-0.25, -0.2) is 12.8 Å². The Morgan fingerprint density at radius 1 is 0.830 bits per heavy atom. The van der Waals surface area contributed by atoms with Gasteiger partial charge in [0.25, 0.3) is 10.0 Å². The monoisotopic (exact) mass is 661 g/mol. The molecule has 2 atom stereocenters. The van der Waals surface area contributed by atoms with E-state index in [1.165, 1.54) is 67.7 Å². The standard InChI is InChI=1S/C36H40FN3O6S/c1-5-26(2)38-36(42)33(23-27-11-7-6-8-12-27)39(24-28-15-17-29(37)18-16-28)35(41)25-40(32-13-9-10-14-34(32)46-4)47(43,44)31-21-19-30(45-3)20-22-31/h6-22,26,33H,5,23-25H2,1-4H3,(H,38,42)/t26-,33+/m0/s1. The molecule has 4 aromatic rings. The van der Waals surface area contributed by atoms with Gasteiger partial charge in [-0.15, -0.1) is 0 Å². The highest BCUT2D eigenvalue weighted by Crippen LogP contribution is 2.33. The normalized spacial score (nSPS) is 12.4. The highest BCUT2D eigenvalue weighted by molar-refractivity contribution is 7.92. The van der Waals surface area contributed by atoms with Crippen LogP contribution in [0.5, 0.6) is 11.5 Å². The minimum atomic E-state index is -4.35. The summed E-state index contributed by atoms with van der Waals surface area (Å²) in [5, 5.41) is 2.99. The molecule has 47 heavy (non-hydrogen) atoms. The van der Waals surface area contributed by atoms with Gasteiger partial charge in [0.1, 0.15) is 29.9 Å². The number of anilines is 1. The SMILES string of the molecule is CC[C@H](C)NC(=O)[C@@H](Cc1ccccc1)N(Cc1ccc(F)cc1)C(=O)CN(c1ccccc1OC)S(=O)(=O)c1ccc(OC)cc1. The third kappa shape index (κ3) is 8.88. The lowest BCUT2D eigenvalue weighted by atomic mass is 10.0. The molecule has 0 aliphatic heterocycles. The molecule has 0 aliphatic carbocycles. The van der Waals surface area contributed by atoms with Crippen molar-refractivity contribution >= 4 is 27.5 Å². The highest BCUT2D eigenvalue weighted by atomic mass is 32.2. The van der Waals surface area contributed by atoms with E-state index in [2.05, 4.69) is 5.32 Å². The third-order valence-corrected chi connectivity index (χ3v) is 9.59. The van der Waals surface area contributed by atoms with Crippen LogP contribution in [0.3, 0.4) is 0 Å². The first kappa shape index (κ1) is 35.0. The molecule has 9 nitrogen and oxygen atoms in total. The van der Waals surface area contributed by atoms with Gasteiger partial charge < -0.3 is 19.7 Å². The van der Waals surface area contributed by atoms with E-state index >= 15 is 0 Å². The smallest absolute Gasteiger partial charge is 0.264 e. The second-order valence-electron chi connectivity index (χ2n) is 11.0. The van der Waals surface area contributed by atoms with E-state index < -0.39 is 34.3 Å². The van der Waals surface area contributed by atoms with Crippen LogP contribution in [-0.2, 0) is 32.6 Å². The Morgan fingerprint density at radius 2 is 1.47 bits per heavy atom. The van der Waals surface area contributed by atoms with Gasteiger partial charge in [-0.1, -0.05) is 61.5 Å². The van der Waals surface area contributed by atoms with Crippen molar-refractivity contribution in [2.75, 3.05) is 25.1 Å². The number of nitrogens with zero attached hydrogens (tertiary/aromatic N) is 2. The molecule has 2 amide bonds. The molecule has 0 radical (unpaired) electrons. The lowest BCUT2D eigenvalue weighted by Crippen LogP contribution is -2.54. The third-order valence-electron chi connectivity index (χ3n) is 7.82. The summed E-state index contributed by atoms with van der Waals surface area (Å²) >= 11 is 0. The summed E-state index contributed by atoms with van der Waals surface area (Å²) in [6, 6.07) is 26.0. The molecule has 0 fully saturated rings. The molecule has 1 N–H and O–H groups in total. The molecule has 0 spiro atoms. The Hall–Kier alpha value is -4.90. The Bertz CT molecular complexity index is 1740. The van der Waals surface area contributed by atoms with Crippen molar-refractivity contribution in [1.29, 1.82) is 0 Å². The van der Waals surface area contributed by atoms with Crippen molar-refractivity contribution in [1.82, 2.24) is 10.2 Å². The second kappa shape index (κ2) is 16.1. The number of amides is 2. The van der Waals surface area contributed by atoms with Gasteiger partial charge in [-0.2, -0.15) is 0 Å². The van der Waals surface area contributed by atoms with Crippen LogP contribution in [0.4, 0.5) is 10.1 Å². The summed E-state index contributed by atoms with van der Waals surface area (Å²) < 4.78 is 54.1. The first-order valence-electron chi connectivity index (χ1n) is 15.2. The van der Waals surface area contributed by atoms with Crippen LogP contribution in [0.2, 0.25) is 0 Å². The average Bonchev–Trinajstić information content (AvgIpc) is 3.09. The number of carbonyl (C=O) groups excluding carboxylic acids is 2. The van der Waals surface area contributed by atoms with Crippen molar-refractivity contribution in [3.63, 3.8) is 0 Å². The van der Waals surface area contributed by atoms with E-state index in [4.69, 9.17) is 9.47 Å². The Kier molecular flexibility index (Phi) is 12.0. The second-order valence-corrected chi connectivity index (χ2v) is 12.9. The minimum absolute atomic E-state index is 0.0718. The minimum Gasteiger partial charge on any atom is -0.497 e. The van der Waals surface area contributed by atoms with Gasteiger partial charge in [0.05, 0.1) is 24.8 Å². The van der Waals surface area contributed by atoms with Crippen LogP contribution in [-0.4, -0.2) is 58.0 Å². The number of halogens is 1. The molecule has 0 heterocycles. The van der Waals surface area contributed by atoms with Crippen LogP contribution in [0.1, 0.15) is 31.4 Å². The van der Waals surface area contributed by atoms with Crippen LogP contribution in [0.25, 0.3) is 0 Å². The lowest BCUT2D eigenvalue weighted by Gasteiger charge is -2.34. The number of benzene rings is 4. The van der Waals surface area contributed by atoms with E-state index in [-0.39, 0.29) is 41.2 Å². The molecule has 11 heteroatoms. The summed E-state index contributed by atoms with van der Waals surface area (Å²) in [7, 11) is -1.46. The zero-order chi connectivity index (χ0) is 34.0. The number of sulfonamides is 1. The number of hydrogen-bond acceptors (Lipinski definition) is 6. The summed E-state index contributed by atoms with van der Waals surface area (Å²) in [5.41, 5.74) is 1.52. The zero-order valence-electron chi connectivity index (χ0n) is 26.9. The van der Waals surface area contributed by atoms with Gasteiger partial charge in [-0.3, -0.25) is 13.9 Å². The molecule has 0 aromatic heterocycles. The van der Waals surface area contributed by atoms with E-state index in [1.807, 2.05) is 44.2 Å². The Labute approximate surface area is 276 Å². The van der Waals surface area contributed by atoms with E-state index in [0.717, 1.165) is 9.87 Å². The van der Waals surface area contributed by atoms with Crippen LogP contribution in [0.15, 0.2) is 108 Å². The summed E-state index contributed by atoms with van der Waals surface area (Å²) in [6.07, 6.45) is 0.827. The van der Waals surface area contributed by atoms with Crippen molar-refractivity contribution in [3.8, 4) is 11.5 Å². The molecule has 0 bridgehead atoms. The molecule has 248 valence electrons. The van der Waals surface area contributed by atoms with E-state index in [0.29, 0.717) is 17.7 Å². The number of ether oxygens (including phenoxy) is 2. The van der Waals surface area contributed by atoms with Gasteiger partial charge >= 0.3 is 0 Å². The summed E-state index contributed by atoms with van der Waals surface area (Å²) in [4.78, 5) is 29.8. The van der Waals surface area contributed by atoms with Crippen LogP contribution >= 0.6 is 0 Å². The highest BCUT2D eigenvalue weighted by Gasteiger charge is 2.35. The van der Waals surface area contributed by atoms with Crippen molar-refractivity contribution in [3.05, 3.63) is 120 Å². The van der Waals surface area contributed by atoms with Gasteiger partial charge in [0, 0.05) is 19.0 Å². The molecular formula is C36H40FN3O6S. The topological polar surface area (TPSA) is 105 Å². The fourth-order valence-corrected chi connectivity index (χ4v) is 6.43. The molecular weight excluding hydrogens is 621 g/mol. The lowest BCUT2D eigenvalue weighted by molar-refractivity contribution is -0.140. The average molecular weight is 662 g/mol. The summed E-state index contributed by atoms with van der Waals surface area (Å²) in [5.74, 6) is -0.781. The number of methoxy groups -OCH3 is 2. The van der Waals surface area contributed by atoms with Crippen molar-refractivity contribution in [2.45, 2.75) is 50.2 Å². The predicted molar refractivity (Wildman–Crippen MR) is 179 cm³/mol. The van der Waals surface area contributed by atoms with Crippen molar-refractivity contribution in [2.24, 2.45) is 0 Å². The Balaban J connectivity index is 1.83. The maximum Gasteiger partial charge on any atom is 0.264 e. The maximum absolute atomic E-state index is 14.6. The van der Waals surface area contributed by atoms with E-state index in [9.17, 15) is 22.4 Å². The number of para-hydroxylation sites is 2. The quantitative estimate of drug-likeness (QED) is 0.178. The Morgan fingerprint density at radius 3 is 2.09 bits per heavy atom. The maximum atomic E-state index is 14.6. The van der Waals surface area contributed by atoms with Gasteiger partial charge in [-0.05, 0) is 73.0 Å². The molecule has 0 saturated carbocycles. The predicted octanol–water partition coefficient (Wildman–Crippen LogP) is 5.59. The fourth-order valence-electron chi connectivity index (χ4n) is 5.01. The number of nitrogens with one attached hydrogen (secondary N) is 1. The number of rotatable bonds is 15. The first-order chi connectivity index (χ1) is 22.6. The van der Waals surface area contributed by atoms with Crippen LogP contribution < -0.4 is 19.1 Å². The summed E-state index contributed by atoms with van der Waals surface area (Å²) in [6.45, 7) is 3.08. The molecule has 0 aliphatic rings. The van der Waals surface area contributed by atoms with Gasteiger partial charge in [0.15, 0.2) is 0 Å². The zero-order valence-corrected chi connectivity index (χ0v) is 27.7. The number of carbonyl (C=O) groups is 2. The van der Waals surface area contributed by atoms with Crippen LogP contribution in [0, 0.1) is 5.82 Å². The molecule has 0 saturated heterocycles. The van der Waals surface area contributed by atoms with E-state index in [1.54, 1.807) is 24.3 Å². The molecule has 4 aromatic carbocycles. The van der Waals surface area contributed by atoms with Crippen molar-refractivity contribution < 1.29 is 31.9 Å². The molecule has 0 unspecified atom stereocenters. The fraction of sp³-hybridized carbons (Fsp3) is 0.278. The van der Waals surface area contributed by atoms with Gasteiger partial charge in [0.2, 0.25) is 11.8 Å². The molecule has 4 rings (SSSR count). The largest absolute Gasteiger partial charge is 0.497 e. The number of hydrogen-bond donors (Lipinski definition) is 1.